The van der Waals surface area contributed by atoms with Gasteiger partial charge in [0.25, 0.3) is 11.9 Å². The summed E-state index contributed by atoms with van der Waals surface area (Å²) in [6.45, 7) is 0. The summed E-state index contributed by atoms with van der Waals surface area (Å²) in [6.07, 6.45) is 0. The fourth-order valence-electron chi connectivity index (χ4n) is 0.763. The van der Waals surface area contributed by atoms with Gasteiger partial charge in [0.2, 0.25) is 0 Å². The molecular formula is C7H6ClNO3S. The predicted molar refractivity (Wildman–Crippen MR) is 50.9 cm³/mol. The molecule has 0 radical (unpaired) electrons. The molecule has 70 valence electrons. The first-order valence-corrected chi connectivity index (χ1v) is 4.44. The average molecular weight is 220 g/mol. The number of benzene rings is 1. The average Bonchev–Trinajstić information content (AvgIpc) is 2.08. The molecule has 1 aromatic rings. The molecule has 13 heavy (non-hydrogen) atoms. The molecule has 4 nitrogen and oxygen atoms in total. The summed E-state index contributed by atoms with van der Waals surface area (Å²) in [5, 5.41) is 10.5. The first-order valence-electron chi connectivity index (χ1n) is 3.29. The molecule has 6 heteroatoms. The standard InChI is InChI=1S/C7H6ClNO3S/c1-12-5-2-3-7(6(8)4-5)13-9(10)11/h2-4H,1H3. The van der Waals surface area contributed by atoms with Crippen LogP contribution in [-0.2, 0) is 0 Å². The molecule has 0 heterocycles. The molecule has 0 amide bonds. The summed E-state index contributed by atoms with van der Waals surface area (Å²) >= 11 is 6.23. The summed E-state index contributed by atoms with van der Waals surface area (Å²) in [4.78, 5) is 10.6. The van der Waals surface area contributed by atoms with Gasteiger partial charge in [-0.1, -0.05) is 11.6 Å². The Morgan fingerprint density at radius 3 is 2.77 bits per heavy atom. The SMILES string of the molecule is COc1ccc(S[N+](=O)[O-])c(Cl)c1. The van der Waals surface area contributed by atoms with E-state index in [1.807, 2.05) is 0 Å². The van der Waals surface area contributed by atoms with Gasteiger partial charge < -0.3 is 4.74 Å². The monoisotopic (exact) mass is 219 g/mol. The minimum Gasteiger partial charge on any atom is -0.497 e. The van der Waals surface area contributed by atoms with Crippen LogP contribution in [-0.4, -0.2) is 11.4 Å². The molecular weight excluding hydrogens is 214 g/mol. The summed E-state index contributed by atoms with van der Waals surface area (Å²) in [5.74, 6) is 0.581. The first kappa shape index (κ1) is 10.1. The number of rotatable bonds is 3. The quantitative estimate of drug-likeness (QED) is 0.446. The van der Waals surface area contributed by atoms with Crippen LogP contribution in [0.5, 0.6) is 5.75 Å². The lowest BCUT2D eigenvalue weighted by Gasteiger charge is -2.00. The van der Waals surface area contributed by atoms with E-state index in [4.69, 9.17) is 16.3 Å². The third kappa shape index (κ3) is 2.78. The van der Waals surface area contributed by atoms with E-state index in [0.717, 1.165) is 0 Å². The zero-order valence-electron chi connectivity index (χ0n) is 6.69. The maximum absolute atomic E-state index is 10.2. The summed E-state index contributed by atoms with van der Waals surface area (Å²) in [6, 6.07) is 4.71. The van der Waals surface area contributed by atoms with Crippen LogP contribution in [0.4, 0.5) is 0 Å². The van der Waals surface area contributed by atoms with E-state index in [-0.39, 0.29) is 0 Å². The molecule has 1 rings (SSSR count). The maximum Gasteiger partial charge on any atom is 0.267 e. The van der Waals surface area contributed by atoms with Crippen molar-refractivity contribution in [3.63, 3.8) is 0 Å². The molecule has 0 fully saturated rings. The van der Waals surface area contributed by atoms with E-state index >= 15 is 0 Å². The van der Waals surface area contributed by atoms with Crippen molar-refractivity contribution < 1.29 is 9.07 Å². The van der Waals surface area contributed by atoms with Crippen LogP contribution >= 0.6 is 23.5 Å². The number of halogens is 1. The van der Waals surface area contributed by atoms with Crippen LogP contribution in [0.2, 0.25) is 5.02 Å². The Morgan fingerprint density at radius 1 is 1.62 bits per heavy atom. The molecule has 0 saturated heterocycles. The Balaban J connectivity index is 2.91. The molecule has 0 aliphatic carbocycles. The Morgan fingerprint density at radius 2 is 2.31 bits per heavy atom. The van der Waals surface area contributed by atoms with Crippen molar-refractivity contribution in [2.75, 3.05) is 7.11 Å². The fourth-order valence-corrected chi connectivity index (χ4v) is 1.47. The van der Waals surface area contributed by atoms with Crippen LogP contribution in [0.3, 0.4) is 0 Å². The fraction of sp³-hybridized carbons (Fsp3) is 0.143. The van der Waals surface area contributed by atoms with Crippen molar-refractivity contribution in [2.45, 2.75) is 4.90 Å². The van der Waals surface area contributed by atoms with Crippen molar-refractivity contribution in [3.05, 3.63) is 33.3 Å². The third-order valence-electron chi connectivity index (χ3n) is 1.31. The highest BCUT2D eigenvalue weighted by Gasteiger charge is 2.10. The molecule has 1 aromatic carbocycles. The van der Waals surface area contributed by atoms with E-state index in [0.29, 0.717) is 27.6 Å². The summed E-state index contributed by atoms with van der Waals surface area (Å²) in [5.41, 5.74) is 0. The minimum atomic E-state index is -0.506. The molecule has 0 spiro atoms. The maximum atomic E-state index is 10.2. The van der Waals surface area contributed by atoms with Gasteiger partial charge in [-0.15, -0.1) is 0 Å². The van der Waals surface area contributed by atoms with Gasteiger partial charge in [0.1, 0.15) is 15.0 Å². The second-order valence-electron chi connectivity index (χ2n) is 2.11. The van der Waals surface area contributed by atoms with Crippen LogP contribution in [0.15, 0.2) is 23.1 Å². The lowest BCUT2D eigenvalue weighted by molar-refractivity contribution is -0.284. The van der Waals surface area contributed by atoms with E-state index in [1.54, 1.807) is 12.1 Å². The first-order chi connectivity index (χ1) is 6.13. The number of ether oxygens (including phenoxy) is 1. The molecule has 0 aliphatic rings. The lowest BCUT2D eigenvalue weighted by Crippen LogP contribution is -1.86. The zero-order valence-corrected chi connectivity index (χ0v) is 8.26. The molecule has 0 aromatic heterocycles. The van der Waals surface area contributed by atoms with Gasteiger partial charge in [-0.25, -0.2) is 0 Å². The van der Waals surface area contributed by atoms with Crippen molar-refractivity contribution in [3.8, 4) is 5.75 Å². The minimum absolute atomic E-state index is 0.320. The van der Waals surface area contributed by atoms with E-state index in [9.17, 15) is 10.1 Å². The van der Waals surface area contributed by atoms with Gasteiger partial charge in [-0.05, 0) is 12.1 Å². The Kier molecular flexibility index (Phi) is 3.39. The van der Waals surface area contributed by atoms with Gasteiger partial charge >= 0.3 is 0 Å². The molecule has 0 atom stereocenters. The van der Waals surface area contributed by atoms with Crippen LogP contribution in [0.25, 0.3) is 0 Å². The van der Waals surface area contributed by atoms with Crippen LogP contribution < -0.4 is 4.74 Å². The second-order valence-corrected chi connectivity index (χ2v) is 3.44. The van der Waals surface area contributed by atoms with Crippen molar-refractivity contribution >= 4 is 23.5 Å². The largest absolute Gasteiger partial charge is 0.497 e. The Hall–Kier alpha value is -0.940. The number of nitro groups is 1. The lowest BCUT2D eigenvalue weighted by atomic mass is 10.3. The van der Waals surface area contributed by atoms with E-state index < -0.39 is 4.33 Å². The summed E-state index contributed by atoms with van der Waals surface area (Å²) in [7, 11) is 1.51. The van der Waals surface area contributed by atoms with Gasteiger partial charge in [-0.3, -0.25) is 10.1 Å². The second kappa shape index (κ2) is 4.34. The van der Waals surface area contributed by atoms with E-state index in [2.05, 4.69) is 0 Å². The summed E-state index contributed by atoms with van der Waals surface area (Å²) < 4.78 is 4.39. The zero-order chi connectivity index (χ0) is 9.84. The number of hydrogen-bond acceptors (Lipinski definition) is 4. The number of nitrogens with zero attached hydrogens (tertiary/aromatic N) is 1. The normalized spacial score (nSPS) is 9.69. The predicted octanol–water partition coefficient (Wildman–Crippen LogP) is 2.63. The van der Waals surface area contributed by atoms with Crippen LogP contribution in [0, 0.1) is 10.1 Å². The number of hydrogen-bond donors (Lipinski definition) is 0. The molecule has 0 bridgehead atoms. The highest BCUT2D eigenvalue weighted by molar-refractivity contribution is 7.93. The van der Waals surface area contributed by atoms with Gasteiger partial charge in [0.05, 0.1) is 12.1 Å². The highest BCUT2D eigenvalue weighted by Crippen LogP contribution is 2.30. The van der Waals surface area contributed by atoms with Gasteiger partial charge in [-0.2, -0.15) is 0 Å². The Labute approximate surface area is 84.1 Å². The molecule has 0 N–H and O–H groups in total. The van der Waals surface area contributed by atoms with Crippen molar-refractivity contribution in [2.24, 2.45) is 0 Å². The van der Waals surface area contributed by atoms with Crippen molar-refractivity contribution in [1.82, 2.24) is 0 Å². The van der Waals surface area contributed by atoms with Crippen molar-refractivity contribution in [1.29, 1.82) is 0 Å². The molecule has 0 saturated carbocycles. The molecule has 0 aliphatic heterocycles. The van der Waals surface area contributed by atoms with E-state index in [1.165, 1.54) is 13.2 Å². The highest BCUT2D eigenvalue weighted by atomic mass is 35.5. The van der Waals surface area contributed by atoms with Gasteiger partial charge in [0.15, 0.2) is 0 Å². The number of methoxy groups -OCH3 is 1. The molecule has 0 unspecified atom stereocenters. The smallest absolute Gasteiger partial charge is 0.267 e. The Bertz CT molecular complexity index is 332. The topological polar surface area (TPSA) is 52.4 Å². The third-order valence-corrected chi connectivity index (χ3v) is 2.44. The van der Waals surface area contributed by atoms with Gasteiger partial charge in [0, 0.05) is 6.07 Å². The van der Waals surface area contributed by atoms with Crippen LogP contribution in [0.1, 0.15) is 0 Å².